The van der Waals surface area contributed by atoms with Gasteiger partial charge in [-0.1, -0.05) is 12.1 Å². The molecule has 0 saturated carbocycles. The van der Waals surface area contributed by atoms with Crippen molar-refractivity contribution in [2.24, 2.45) is 5.92 Å². The number of benzene rings is 1. The molecule has 0 amide bonds. The minimum absolute atomic E-state index is 0.00606. The van der Waals surface area contributed by atoms with Crippen LogP contribution in [0.25, 0.3) is 0 Å². The fraction of sp³-hybridized carbons (Fsp3) is 0.562. The number of carboxylic acid groups (broad SMARTS) is 1. The first-order valence-corrected chi connectivity index (χ1v) is 7.01. The van der Waals surface area contributed by atoms with Crippen LogP contribution in [0.15, 0.2) is 24.3 Å². The van der Waals surface area contributed by atoms with Gasteiger partial charge in [0.25, 0.3) is 0 Å². The standard InChI is InChI=1S/C16H21FO3/c1-16(2)8-7-14(20-16)10-12(15(18)19)9-11-3-5-13(17)6-4-11/h3-6,12,14H,7-10H2,1-2H3,(H,18,19). The molecule has 1 aliphatic rings. The van der Waals surface area contributed by atoms with Gasteiger partial charge in [-0.15, -0.1) is 0 Å². The van der Waals surface area contributed by atoms with Crippen LogP contribution in [0.5, 0.6) is 0 Å². The zero-order valence-electron chi connectivity index (χ0n) is 11.9. The molecule has 0 aromatic heterocycles. The van der Waals surface area contributed by atoms with Crippen molar-refractivity contribution in [2.75, 3.05) is 0 Å². The molecule has 2 rings (SSSR count). The predicted molar refractivity (Wildman–Crippen MR) is 74.0 cm³/mol. The Morgan fingerprint density at radius 3 is 2.60 bits per heavy atom. The molecule has 0 spiro atoms. The van der Waals surface area contributed by atoms with Crippen molar-refractivity contribution in [2.45, 2.75) is 51.2 Å². The van der Waals surface area contributed by atoms with E-state index in [0.717, 1.165) is 18.4 Å². The first-order chi connectivity index (χ1) is 9.35. The van der Waals surface area contributed by atoms with Gasteiger partial charge in [0.2, 0.25) is 0 Å². The van der Waals surface area contributed by atoms with Gasteiger partial charge < -0.3 is 9.84 Å². The normalized spacial score (nSPS) is 22.6. The number of hydrogen-bond donors (Lipinski definition) is 1. The molecule has 0 radical (unpaired) electrons. The minimum Gasteiger partial charge on any atom is -0.481 e. The first-order valence-electron chi connectivity index (χ1n) is 7.01. The lowest BCUT2D eigenvalue weighted by Gasteiger charge is -2.21. The zero-order valence-corrected chi connectivity index (χ0v) is 11.9. The van der Waals surface area contributed by atoms with E-state index < -0.39 is 11.9 Å². The van der Waals surface area contributed by atoms with E-state index in [-0.39, 0.29) is 17.5 Å². The van der Waals surface area contributed by atoms with E-state index in [1.807, 2.05) is 13.8 Å². The summed E-state index contributed by atoms with van der Waals surface area (Å²) in [7, 11) is 0. The molecule has 0 aliphatic carbocycles. The Hall–Kier alpha value is -1.42. The quantitative estimate of drug-likeness (QED) is 0.899. The van der Waals surface area contributed by atoms with Crippen LogP contribution in [0.2, 0.25) is 0 Å². The van der Waals surface area contributed by atoms with E-state index in [4.69, 9.17) is 4.74 Å². The van der Waals surface area contributed by atoms with Crippen molar-refractivity contribution in [3.05, 3.63) is 35.6 Å². The molecule has 110 valence electrons. The summed E-state index contributed by atoms with van der Waals surface area (Å²) in [4.78, 5) is 11.4. The second kappa shape index (κ2) is 5.92. The third-order valence-corrected chi connectivity index (χ3v) is 3.85. The molecule has 0 bridgehead atoms. The Balaban J connectivity index is 1.97. The van der Waals surface area contributed by atoms with Crippen LogP contribution in [0, 0.1) is 11.7 Å². The van der Waals surface area contributed by atoms with Gasteiger partial charge in [-0.2, -0.15) is 0 Å². The van der Waals surface area contributed by atoms with Crippen LogP contribution in [0.1, 0.15) is 38.7 Å². The summed E-state index contributed by atoms with van der Waals surface area (Å²) in [6.45, 7) is 4.06. The molecule has 1 aliphatic heterocycles. The van der Waals surface area contributed by atoms with Crippen LogP contribution in [0.4, 0.5) is 4.39 Å². The maximum Gasteiger partial charge on any atom is 0.306 e. The SMILES string of the molecule is CC1(C)CCC(CC(Cc2ccc(F)cc2)C(=O)O)O1. The topological polar surface area (TPSA) is 46.5 Å². The molecule has 1 aromatic rings. The first kappa shape index (κ1) is 15.0. The molecule has 3 nitrogen and oxygen atoms in total. The summed E-state index contributed by atoms with van der Waals surface area (Å²) in [6, 6.07) is 6.02. The van der Waals surface area contributed by atoms with Crippen molar-refractivity contribution in [1.29, 1.82) is 0 Å². The molecule has 2 atom stereocenters. The second-order valence-electron chi connectivity index (χ2n) is 6.14. The maximum atomic E-state index is 12.9. The Bertz CT molecular complexity index is 467. The van der Waals surface area contributed by atoms with Crippen LogP contribution in [-0.4, -0.2) is 22.8 Å². The van der Waals surface area contributed by atoms with Gasteiger partial charge >= 0.3 is 5.97 Å². The Morgan fingerprint density at radius 1 is 1.45 bits per heavy atom. The van der Waals surface area contributed by atoms with Crippen molar-refractivity contribution in [1.82, 2.24) is 0 Å². The summed E-state index contributed by atoms with van der Waals surface area (Å²) in [5, 5.41) is 9.35. The summed E-state index contributed by atoms with van der Waals surface area (Å²) >= 11 is 0. The lowest BCUT2D eigenvalue weighted by Crippen LogP contribution is -2.25. The smallest absolute Gasteiger partial charge is 0.306 e. The second-order valence-corrected chi connectivity index (χ2v) is 6.14. The number of ether oxygens (including phenoxy) is 1. The van der Waals surface area contributed by atoms with Crippen LogP contribution >= 0.6 is 0 Å². The summed E-state index contributed by atoms with van der Waals surface area (Å²) in [5.41, 5.74) is 0.694. The lowest BCUT2D eigenvalue weighted by atomic mass is 9.92. The minimum atomic E-state index is -0.817. The van der Waals surface area contributed by atoms with Gasteiger partial charge in [0.15, 0.2) is 0 Å². The van der Waals surface area contributed by atoms with Crippen molar-refractivity contribution in [3.63, 3.8) is 0 Å². The molecular formula is C16H21FO3. The van der Waals surface area contributed by atoms with E-state index in [2.05, 4.69) is 0 Å². The van der Waals surface area contributed by atoms with Crippen LogP contribution in [0.3, 0.4) is 0 Å². The molecule has 1 heterocycles. The van der Waals surface area contributed by atoms with E-state index >= 15 is 0 Å². The maximum absolute atomic E-state index is 12.9. The molecule has 4 heteroatoms. The highest BCUT2D eigenvalue weighted by molar-refractivity contribution is 5.70. The number of carbonyl (C=O) groups is 1. The van der Waals surface area contributed by atoms with Gasteiger partial charge in [-0.25, -0.2) is 4.39 Å². The molecule has 1 N–H and O–H groups in total. The average Bonchev–Trinajstić information content (AvgIpc) is 2.70. The average molecular weight is 280 g/mol. The number of carboxylic acids is 1. The Morgan fingerprint density at radius 2 is 2.10 bits per heavy atom. The molecule has 1 fully saturated rings. The van der Waals surface area contributed by atoms with Crippen molar-refractivity contribution in [3.8, 4) is 0 Å². The molecule has 1 aromatic carbocycles. The fourth-order valence-corrected chi connectivity index (χ4v) is 2.74. The highest BCUT2D eigenvalue weighted by Crippen LogP contribution is 2.33. The summed E-state index contributed by atoms with van der Waals surface area (Å²) in [6.07, 6.45) is 2.79. The number of rotatable bonds is 5. The lowest BCUT2D eigenvalue weighted by molar-refractivity contribution is -0.143. The third kappa shape index (κ3) is 4.04. The zero-order chi connectivity index (χ0) is 14.8. The monoisotopic (exact) mass is 280 g/mol. The number of hydrogen-bond acceptors (Lipinski definition) is 2. The Kier molecular flexibility index (Phi) is 4.43. The fourth-order valence-electron chi connectivity index (χ4n) is 2.74. The highest BCUT2D eigenvalue weighted by Gasteiger charge is 2.34. The van der Waals surface area contributed by atoms with Crippen LogP contribution in [-0.2, 0) is 16.0 Å². The largest absolute Gasteiger partial charge is 0.481 e. The summed E-state index contributed by atoms with van der Waals surface area (Å²) in [5.74, 6) is -1.61. The molecule has 20 heavy (non-hydrogen) atoms. The highest BCUT2D eigenvalue weighted by atomic mass is 19.1. The molecular weight excluding hydrogens is 259 g/mol. The van der Waals surface area contributed by atoms with Gasteiger partial charge in [-0.05, 0) is 57.2 Å². The van der Waals surface area contributed by atoms with Gasteiger partial charge in [0.05, 0.1) is 17.6 Å². The van der Waals surface area contributed by atoms with E-state index in [1.165, 1.54) is 12.1 Å². The van der Waals surface area contributed by atoms with E-state index in [9.17, 15) is 14.3 Å². The van der Waals surface area contributed by atoms with Crippen molar-refractivity contribution < 1.29 is 19.0 Å². The molecule has 2 unspecified atom stereocenters. The number of aliphatic carboxylic acids is 1. The Labute approximate surface area is 118 Å². The van der Waals surface area contributed by atoms with Gasteiger partial charge in [0.1, 0.15) is 5.82 Å². The van der Waals surface area contributed by atoms with E-state index in [0.29, 0.717) is 12.8 Å². The number of halogens is 1. The molecule has 1 saturated heterocycles. The third-order valence-electron chi connectivity index (χ3n) is 3.85. The van der Waals surface area contributed by atoms with Crippen molar-refractivity contribution >= 4 is 5.97 Å². The van der Waals surface area contributed by atoms with Crippen LogP contribution < -0.4 is 0 Å². The van der Waals surface area contributed by atoms with E-state index in [1.54, 1.807) is 12.1 Å². The summed E-state index contributed by atoms with van der Waals surface area (Å²) < 4.78 is 18.7. The van der Waals surface area contributed by atoms with Gasteiger partial charge in [-0.3, -0.25) is 4.79 Å². The predicted octanol–water partition coefficient (Wildman–Crippen LogP) is 3.42. The van der Waals surface area contributed by atoms with Gasteiger partial charge in [0, 0.05) is 0 Å².